The van der Waals surface area contributed by atoms with E-state index in [2.05, 4.69) is 0 Å². The Morgan fingerprint density at radius 2 is 1.64 bits per heavy atom. The Hall–Kier alpha value is -1.43. The Kier molecular flexibility index (Phi) is 6.11. The van der Waals surface area contributed by atoms with E-state index in [0.29, 0.717) is 6.42 Å². The van der Waals surface area contributed by atoms with Crippen molar-refractivity contribution in [3.8, 4) is 0 Å². The molecule has 0 bridgehead atoms. The lowest BCUT2D eigenvalue weighted by atomic mass is 9.70. The fourth-order valence-corrected chi connectivity index (χ4v) is 3.18. The van der Waals surface area contributed by atoms with Crippen molar-refractivity contribution in [2.24, 2.45) is 28.7 Å². The van der Waals surface area contributed by atoms with Crippen LogP contribution in [0.2, 0.25) is 0 Å². The molecule has 2 amide bonds. The summed E-state index contributed by atoms with van der Waals surface area (Å²) in [5.74, 6) is -1.36. The minimum absolute atomic E-state index is 0.0117. The van der Waals surface area contributed by atoms with Gasteiger partial charge < -0.3 is 16.4 Å². The molecule has 6 heteroatoms. The molecule has 1 aliphatic rings. The first-order chi connectivity index (χ1) is 10.1. The zero-order chi connectivity index (χ0) is 17.1. The SMILES string of the molecule is CN(C(=O)[C@@H]1CCCC[C@@H]1C(=O)C(C)(C)C)[C@H](CN)C(N)=O. The summed E-state index contributed by atoms with van der Waals surface area (Å²) in [6.45, 7) is 5.62. The van der Waals surface area contributed by atoms with Crippen molar-refractivity contribution in [1.29, 1.82) is 0 Å². The van der Waals surface area contributed by atoms with Crippen LogP contribution >= 0.6 is 0 Å². The Morgan fingerprint density at radius 3 is 2.05 bits per heavy atom. The van der Waals surface area contributed by atoms with Gasteiger partial charge in [0.2, 0.25) is 11.8 Å². The summed E-state index contributed by atoms with van der Waals surface area (Å²) < 4.78 is 0. The van der Waals surface area contributed by atoms with Crippen LogP contribution in [0.15, 0.2) is 0 Å². The molecule has 1 saturated carbocycles. The van der Waals surface area contributed by atoms with Crippen molar-refractivity contribution < 1.29 is 14.4 Å². The molecule has 3 atom stereocenters. The summed E-state index contributed by atoms with van der Waals surface area (Å²) in [7, 11) is 1.54. The standard InChI is InChI=1S/C16H29N3O3/c1-16(2,3)13(20)10-7-5-6-8-11(10)15(22)19(4)12(9-17)14(18)21/h10-12H,5-9,17H2,1-4H3,(H2,18,21)/t10-,11+,12+/m0/s1. The third kappa shape index (κ3) is 4.06. The number of ketones is 1. The molecule has 4 N–H and O–H groups in total. The van der Waals surface area contributed by atoms with Gasteiger partial charge in [0.1, 0.15) is 11.8 Å². The van der Waals surface area contributed by atoms with Gasteiger partial charge in [0, 0.05) is 30.8 Å². The molecule has 0 aliphatic heterocycles. The van der Waals surface area contributed by atoms with Gasteiger partial charge >= 0.3 is 0 Å². The van der Waals surface area contributed by atoms with E-state index >= 15 is 0 Å². The summed E-state index contributed by atoms with van der Waals surface area (Å²) in [6.07, 6.45) is 3.27. The number of nitrogens with two attached hydrogens (primary N) is 2. The second-order valence-corrected chi connectivity index (χ2v) is 7.21. The smallest absolute Gasteiger partial charge is 0.241 e. The summed E-state index contributed by atoms with van der Waals surface area (Å²) in [5.41, 5.74) is 10.4. The number of Topliss-reactive ketones (excluding diaryl/α,β-unsaturated/α-hetero) is 1. The normalized spacial score (nSPS) is 23.7. The number of hydrogen-bond acceptors (Lipinski definition) is 4. The van der Waals surface area contributed by atoms with Crippen LogP contribution in [0.4, 0.5) is 0 Å². The lowest BCUT2D eigenvalue weighted by Crippen LogP contribution is -2.53. The van der Waals surface area contributed by atoms with E-state index in [4.69, 9.17) is 11.5 Å². The quantitative estimate of drug-likeness (QED) is 0.778. The highest BCUT2D eigenvalue weighted by molar-refractivity contribution is 5.93. The van der Waals surface area contributed by atoms with Gasteiger partial charge in [-0.25, -0.2) is 0 Å². The average Bonchev–Trinajstić information content (AvgIpc) is 2.44. The fourth-order valence-electron chi connectivity index (χ4n) is 3.18. The maximum Gasteiger partial charge on any atom is 0.241 e. The largest absolute Gasteiger partial charge is 0.368 e. The number of amides is 2. The maximum absolute atomic E-state index is 12.8. The van der Waals surface area contributed by atoms with E-state index in [1.54, 1.807) is 0 Å². The molecule has 6 nitrogen and oxygen atoms in total. The number of rotatable bonds is 5. The monoisotopic (exact) mass is 311 g/mol. The highest BCUT2D eigenvalue weighted by Gasteiger charge is 2.42. The van der Waals surface area contributed by atoms with Gasteiger partial charge in [0.15, 0.2) is 0 Å². The molecule has 0 aromatic carbocycles. The molecular weight excluding hydrogens is 282 g/mol. The minimum atomic E-state index is -0.820. The van der Waals surface area contributed by atoms with Crippen LogP contribution in [0.3, 0.4) is 0 Å². The van der Waals surface area contributed by atoms with Crippen molar-refractivity contribution in [2.45, 2.75) is 52.5 Å². The predicted molar refractivity (Wildman–Crippen MR) is 84.7 cm³/mol. The molecular formula is C16H29N3O3. The van der Waals surface area contributed by atoms with Crippen LogP contribution in [0, 0.1) is 17.3 Å². The van der Waals surface area contributed by atoms with E-state index < -0.39 is 17.4 Å². The number of nitrogens with zero attached hydrogens (tertiary/aromatic N) is 1. The topological polar surface area (TPSA) is 106 Å². The lowest BCUT2D eigenvalue weighted by Gasteiger charge is -2.37. The molecule has 1 fully saturated rings. The van der Waals surface area contributed by atoms with Gasteiger partial charge in [-0.05, 0) is 12.8 Å². The summed E-state index contributed by atoms with van der Waals surface area (Å²) in [6, 6.07) is -0.820. The fraction of sp³-hybridized carbons (Fsp3) is 0.812. The van der Waals surface area contributed by atoms with Crippen molar-refractivity contribution in [3.05, 3.63) is 0 Å². The van der Waals surface area contributed by atoms with Crippen molar-refractivity contribution >= 4 is 17.6 Å². The van der Waals surface area contributed by atoms with Crippen LogP contribution in [0.1, 0.15) is 46.5 Å². The van der Waals surface area contributed by atoms with E-state index in [-0.39, 0.29) is 30.1 Å². The first-order valence-corrected chi connectivity index (χ1v) is 7.91. The number of hydrogen-bond donors (Lipinski definition) is 2. The molecule has 126 valence electrons. The van der Waals surface area contributed by atoms with Crippen LogP contribution in [0.25, 0.3) is 0 Å². The van der Waals surface area contributed by atoms with Gasteiger partial charge in [-0.1, -0.05) is 33.6 Å². The second-order valence-electron chi connectivity index (χ2n) is 7.21. The Bertz CT molecular complexity index is 442. The van der Waals surface area contributed by atoms with E-state index in [9.17, 15) is 14.4 Å². The summed E-state index contributed by atoms with van der Waals surface area (Å²) >= 11 is 0. The number of primary amides is 1. The van der Waals surface area contributed by atoms with Crippen LogP contribution in [-0.2, 0) is 14.4 Å². The molecule has 0 radical (unpaired) electrons. The molecule has 1 aliphatic carbocycles. The first kappa shape index (κ1) is 18.6. The van der Waals surface area contributed by atoms with Gasteiger partial charge in [0.25, 0.3) is 0 Å². The average molecular weight is 311 g/mol. The van der Waals surface area contributed by atoms with Crippen LogP contribution in [-0.4, -0.2) is 42.1 Å². The second kappa shape index (κ2) is 7.22. The van der Waals surface area contributed by atoms with E-state index in [1.807, 2.05) is 20.8 Å². The highest BCUT2D eigenvalue weighted by Crippen LogP contribution is 2.36. The predicted octanol–water partition coefficient (Wildman–Crippen LogP) is 0.679. The third-order valence-electron chi connectivity index (χ3n) is 4.53. The molecule has 0 unspecified atom stereocenters. The van der Waals surface area contributed by atoms with Crippen LogP contribution in [0.5, 0.6) is 0 Å². The molecule has 1 rings (SSSR count). The van der Waals surface area contributed by atoms with Crippen molar-refractivity contribution in [1.82, 2.24) is 4.90 Å². The lowest BCUT2D eigenvalue weighted by molar-refractivity contribution is -0.148. The van der Waals surface area contributed by atoms with Crippen molar-refractivity contribution in [2.75, 3.05) is 13.6 Å². The summed E-state index contributed by atoms with van der Waals surface area (Å²) in [5, 5.41) is 0. The first-order valence-electron chi connectivity index (χ1n) is 7.91. The van der Waals surface area contributed by atoms with E-state index in [1.165, 1.54) is 11.9 Å². The molecule has 0 aromatic heterocycles. The summed E-state index contributed by atoms with van der Waals surface area (Å²) in [4.78, 5) is 38.1. The molecule has 0 spiro atoms. The van der Waals surface area contributed by atoms with Crippen molar-refractivity contribution in [3.63, 3.8) is 0 Å². The number of likely N-dealkylation sites (N-methyl/N-ethyl adjacent to an activating group) is 1. The molecule has 0 heterocycles. The minimum Gasteiger partial charge on any atom is -0.368 e. The zero-order valence-electron chi connectivity index (χ0n) is 14.1. The molecule has 0 saturated heterocycles. The Balaban J connectivity index is 2.97. The van der Waals surface area contributed by atoms with Gasteiger partial charge in [-0.15, -0.1) is 0 Å². The van der Waals surface area contributed by atoms with Gasteiger partial charge in [-0.2, -0.15) is 0 Å². The maximum atomic E-state index is 12.8. The third-order valence-corrected chi connectivity index (χ3v) is 4.53. The molecule has 22 heavy (non-hydrogen) atoms. The van der Waals surface area contributed by atoms with E-state index in [0.717, 1.165) is 19.3 Å². The Morgan fingerprint density at radius 1 is 1.14 bits per heavy atom. The number of carbonyl (C=O) groups is 3. The Labute approximate surface area is 132 Å². The zero-order valence-corrected chi connectivity index (χ0v) is 14.1. The van der Waals surface area contributed by atoms with Crippen LogP contribution < -0.4 is 11.5 Å². The highest BCUT2D eigenvalue weighted by atomic mass is 16.2. The van der Waals surface area contributed by atoms with Gasteiger partial charge in [-0.3, -0.25) is 14.4 Å². The van der Waals surface area contributed by atoms with Gasteiger partial charge in [0.05, 0.1) is 0 Å². The molecule has 0 aromatic rings. The number of carbonyl (C=O) groups excluding carboxylic acids is 3.